The number of hydrogen-bond donors (Lipinski definition) is 1. The molecule has 1 aliphatic carbocycles. The summed E-state index contributed by atoms with van der Waals surface area (Å²) in [5.41, 5.74) is 0.653. The third kappa shape index (κ3) is 3.37. The van der Waals surface area contributed by atoms with Gasteiger partial charge in [-0.05, 0) is 52.4 Å². The van der Waals surface area contributed by atoms with Gasteiger partial charge in [0.2, 0.25) is 0 Å². The van der Waals surface area contributed by atoms with E-state index in [-0.39, 0.29) is 0 Å². The van der Waals surface area contributed by atoms with Crippen LogP contribution in [-0.2, 0) is 4.74 Å². The van der Waals surface area contributed by atoms with Gasteiger partial charge in [-0.25, -0.2) is 0 Å². The topological polar surface area (TPSA) is 24.5 Å². The highest BCUT2D eigenvalue weighted by atomic mass is 16.5. The molecule has 118 valence electrons. The highest BCUT2D eigenvalue weighted by Crippen LogP contribution is 2.43. The standard InChI is InChI=1S/C17H34N2O/c1-6-17(7-2)12-18-16(5,15-8-9-15)13-19(17)10-11-20-14(3)4/h14-15,18H,6-13H2,1-5H3. The Morgan fingerprint density at radius 3 is 2.40 bits per heavy atom. The number of ether oxygens (including phenoxy) is 1. The van der Waals surface area contributed by atoms with Crippen LogP contribution in [0.3, 0.4) is 0 Å². The van der Waals surface area contributed by atoms with Crippen LogP contribution in [0.15, 0.2) is 0 Å². The molecule has 1 heterocycles. The van der Waals surface area contributed by atoms with Crippen molar-refractivity contribution in [1.29, 1.82) is 0 Å². The summed E-state index contributed by atoms with van der Waals surface area (Å²) in [5.74, 6) is 0.891. The third-order valence-electron chi connectivity index (χ3n) is 5.62. The van der Waals surface area contributed by atoms with E-state index in [1.54, 1.807) is 0 Å². The minimum Gasteiger partial charge on any atom is -0.377 e. The van der Waals surface area contributed by atoms with E-state index in [0.29, 0.717) is 17.2 Å². The molecular formula is C17H34N2O. The summed E-state index contributed by atoms with van der Waals surface area (Å²) >= 11 is 0. The first-order valence-corrected chi connectivity index (χ1v) is 8.57. The lowest BCUT2D eigenvalue weighted by molar-refractivity contribution is -0.0299. The van der Waals surface area contributed by atoms with Crippen molar-refractivity contribution in [3.8, 4) is 0 Å². The van der Waals surface area contributed by atoms with Gasteiger partial charge in [0, 0.05) is 30.7 Å². The predicted octanol–water partition coefficient (Wildman–Crippen LogP) is 3.04. The van der Waals surface area contributed by atoms with Gasteiger partial charge >= 0.3 is 0 Å². The van der Waals surface area contributed by atoms with Gasteiger partial charge in [-0.2, -0.15) is 0 Å². The van der Waals surface area contributed by atoms with Gasteiger partial charge in [-0.15, -0.1) is 0 Å². The van der Waals surface area contributed by atoms with E-state index in [1.807, 2.05) is 0 Å². The van der Waals surface area contributed by atoms with E-state index in [1.165, 1.54) is 32.2 Å². The fraction of sp³-hybridized carbons (Fsp3) is 1.00. The summed E-state index contributed by atoms with van der Waals surface area (Å²) in [6, 6.07) is 0. The Kier molecular flexibility index (Phi) is 5.14. The predicted molar refractivity (Wildman–Crippen MR) is 85.1 cm³/mol. The molecule has 0 aromatic rings. The Hall–Kier alpha value is -0.120. The zero-order chi connectivity index (χ0) is 14.8. The average Bonchev–Trinajstić information content (AvgIpc) is 3.24. The molecule has 0 spiro atoms. The Morgan fingerprint density at radius 1 is 1.25 bits per heavy atom. The molecule has 0 amide bonds. The van der Waals surface area contributed by atoms with Gasteiger partial charge < -0.3 is 10.1 Å². The smallest absolute Gasteiger partial charge is 0.0597 e. The summed E-state index contributed by atoms with van der Waals surface area (Å²) in [6.07, 6.45) is 5.60. The van der Waals surface area contributed by atoms with Crippen molar-refractivity contribution in [3.05, 3.63) is 0 Å². The molecule has 1 N–H and O–H groups in total. The van der Waals surface area contributed by atoms with Gasteiger partial charge in [0.1, 0.15) is 0 Å². The molecule has 0 aromatic carbocycles. The van der Waals surface area contributed by atoms with Crippen molar-refractivity contribution >= 4 is 0 Å². The fourth-order valence-electron chi connectivity index (χ4n) is 3.75. The fourth-order valence-corrected chi connectivity index (χ4v) is 3.75. The van der Waals surface area contributed by atoms with Crippen molar-refractivity contribution < 1.29 is 4.74 Å². The van der Waals surface area contributed by atoms with E-state index in [9.17, 15) is 0 Å². The second-order valence-electron chi connectivity index (χ2n) is 7.32. The van der Waals surface area contributed by atoms with Crippen LogP contribution >= 0.6 is 0 Å². The summed E-state index contributed by atoms with van der Waals surface area (Å²) in [6.45, 7) is 15.6. The van der Waals surface area contributed by atoms with Crippen LogP contribution in [0.25, 0.3) is 0 Å². The number of piperazine rings is 1. The minimum atomic E-state index is 0.325. The van der Waals surface area contributed by atoms with Crippen molar-refractivity contribution in [3.63, 3.8) is 0 Å². The van der Waals surface area contributed by atoms with Gasteiger partial charge in [0.05, 0.1) is 12.7 Å². The Bertz CT molecular complexity index is 310. The number of nitrogens with zero attached hydrogens (tertiary/aromatic N) is 1. The molecule has 3 heteroatoms. The van der Waals surface area contributed by atoms with E-state index < -0.39 is 0 Å². The van der Waals surface area contributed by atoms with Gasteiger partial charge in [0.25, 0.3) is 0 Å². The van der Waals surface area contributed by atoms with Crippen LogP contribution in [0.1, 0.15) is 60.3 Å². The lowest BCUT2D eigenvalue weighted by atomic mass is 9.81. The molecule has 1 unspecified atom stereocenters. The SMILES string of the molecule is CCC1(CC)CNC(C)(C2CC2)CN1CCOC(C)C. The van der Waals surface area contributed by atoms with Crippen LogP contribution in [0.2, 0.25) is 0 Å². The first-order chi connectivity index (χ1) is 9.46. The van der Waals surface area contributed by atoms with Crippen molar-refractivity contribution in [2.24, 2.45) is 5.92 Å². The molecule has 2 rings (SSSR count). The third-order valence-corrected chi connectivity index (χ3v) is 5.62. The maximum absolute atomic E-state index is 5.81. The molecule has 1 saturated carbocycles. The Balaban J connectivity index is 2.02. The van der Waals surface area contributed by atoms with Crippen LogP contribution in [0.4, 0.5) is 0 Å². The Morgan fingerprint density at radius 2 is 1.90 bits per heavy atom. The summed E-state index contributed by atoms with van der Waals surface area (Å²) in [7, 11) is 0. The molecule has 0 bridgehead atoms. The second kappa shape index (κ2) is 6.33. The van der Waals surface area contributed by atoms with Crippen LogP contribution in [-0.4, -0.2) is 48.3 Å². The molecule has 1 aliphatic heterocycles. The lowest BCUT2D eigenvalue weighted by Gasteiger charge is -2.54. The maximum atomic E-state index is 5.81. The molecule has 1 saturated heterocycles. The van der Waals surface area contributed by atoms with Crippen LogP contribution < -0.4 is 5.32 Å². The van der Waals surface area contributed by atoms with Crippen molar-refractivity contribution in [2.45, 2.75) is 77.5 Å². The monoisotopic (exact) mass is 282 g/mol. The van der Waals surface area contributed by atoms with E-state index in [4.69, 9.17) is 4.74 Å². The molecular weight excluding hydrogens is 248 g/mol. The molecule has 0 aromatic heterocycles. The molecule has 2 aliphatic rings. The van der Waals surface area contributed by atoms with E-state index in [2.05, 4.69) is 44.8 Å². The van der Waals surface area contributed by atoms with Gasteiger partial charge in [-0.1, -0.05) is 13.8 Å². The molecule has 2 fully saturated rings. The lowest BCUT2D eigenvalue weighted by Crippen LogP contribution is -2.70. The summed E-state index contributed by atoms with van der Waals surface area (Å²) in [5, 5.41) is 3.90. The van der Waals surface area contributed by atoms with Gasteiger partial charge in [0.15, 0.2) is 0 Å². The zero-order valence-electron chi connectivity index (χ0n) is 14.2. The minimum absolute atomic E-state index is 0.325. The van der Waals surface area contributed by atoms with E-state index >= 15 is 0 Å². The molecule has 0 radical (unpaired) electrons. The quantitative estimate of drug-likeness (QED) is 0.777. The van der Waals surface area contributed by atoms with Gasteiger partial charge in [-0.3, -0.25) is 4.90 Å². The highest BCUT2D eigenvalue weighted by molar-refractivity contribution is 5.08. The maximum Gasteiger partial charge on any atom is 0.0597 e. The summed E-state index contributed by atoms with van der Waals surface area (Å²) < 4.78 is 5.81. The van der Waals surface area contributed by atoms with Crippen molar-refractivity contribution in [2.75, 3.05) is 26.2 Å². The first-order valence-electron chi connectivity index (χ1n) is 8.57. The van der Waals surface area contributed by atoms with Crippen LogP contribution in [0.5, 0.6) is 0 Å². The zero-order valence-corrected chi connectivity index (χ0v) is 14.2. The Labute approximate surface area is 125 Å². The van der Waals surface area contributed by atoms with E-state index in [0.717, 1.165) is 25.6 Å². The molecule has 20 heavy (non-hydrogen) atoms. The molecule has 3 nitrogen and oxygen atoms in total. The normalized spacial score (nSPS) is 30.9. The molecule has 1 atom stereocenters. The highest BCUT2D eigenvalue weighted by Gasteiger charge is 2.49. The summed E-state index contributed by atoms with van der Waals surface area (Å²) in [4.78, 5) is 2.73. The number of nitrogens with one attached hydrogen (secondary N) is 1. The largest absolute Gasteiger partial charge is 0.377 e. The number of hydrogen-bond acceptors (Lipinski definition) is 3. The first kappa shape index (κ1) is 16.3. The number of rotatable bonds is 7. The van der Waals surface area contributed by atoms with Crippen molar-refractivity contribution in [1.82, 2.24) is 10.2 Å². The average molecular weight is 282 g/mol. The van der Waals surface area contributed by atoms with Crippen LogP contribution in [0, 0.1) is 5.92 Å². The second-order valence-corrected chi connectivity index (χ2v) is 7.32.